The molecule has 21 heavy (non-hydrogen) atoms. The number of carboxylic acids is 1. The van der Waals surface area contributed by atoms with E-state index >= 15 is 0 Å². The van der Waals surface area contributed by atoms with Gasteiger partial charge < -0.3 is 14.3 Å². The molecule has 0 aromatic carbocycles. The third kappa shape index (κ3) is 3.19. The Morgan fingerprint density at radius 2 is 2.14 bits per heavy atom. The molecule has 0 radical (unpaired) electrons. The fourth-order valence-corrected chi connectivity index (χ4v) is 5.67. The molecule has 2 aliphatic rings. The Kier molecular flexibility index (Phi) is 4.42. The minimum Gasteiger partial charge on any atom is -0.475 e. The maximum Gasteiger partial charge on any atom is 0.371 e. The zero-order valence-electron chi connectivity index (χ0n) is 11.6. The van der Waals surface area contributed by atoms with E-state index in [1.165, 1.54) is 12.1 Å². The van der Waals surface area contributed by atoms with E-state index in [1.807, 2.05) is 11.8 Å². The minimum absolute atomic E-state index is 0.0188. The SMILES string of the molecule is O=C(O)c1ccc(S(=O)C2CCOC3(CCSCC3)C2)o1. The Morgan fingerprint density at radius 3 is 2.81 bits per heavy atom. The van der Waals surface area contributed by atoms with Gasteiger partial charge in [0, 0.05) is 11.9 Å². The van der Waals surface area contributed by atoms with Crippen LogP contribution >= 0.6 is 11.8 Å². The molecule has 0 aliphatic carbocycles. The van der Waals surface area contributed by atoms with Gasteiger partial charge >= 0.3 is 5.97 Å². The Labute approximate surface area is 129 Å². The summed E-state index contributed by atoms with van der Waals surface area (Å²) in [6.07, 6.45) is 3.50. The largest absolute Gasteiger partial charge is 0.475 e. The average Bonchev–Trinajstić information content (AvgIpc) is 2.97. The van der Waals surface area contributed by atoms with Crippen molar-refractivity contribution < 1.29 is 23.3 Å². The van der Waals surface area contributed by atoms with Gasteiger partial charge in [-0.1, -0.05) is 0 Å². The molecule has 3 heterocycles. The van der Waals surface area contributed by atoms with Crippen LogP contribution < -0.4 is 0 Å². The van der Waals surface area contributed by atoms with Crippen LogP contribution in [0, 0.1) is 0 Å². The molecule has 0 amide bonds. The van der Waals surface area contributed by atoms with Gasteiger partial charge in [0.25, 0.3) is 0 Å². The second-order valence-electron chi connectivity index (χ2n) is 5.48. The average molecular weight is 330 g/mol. The standard InChI is InChI=1S/C14H18O5S2/c15-13(16)11-1-2-12(19-11)21(17)10-3-6-18-14(9-10)4-7-20-8-5-14/h1-2,10H,3-9H2,(H,15,16). The summed E-state index contributed by atoms with van der Waals surface area (Å²) in [5, 5.41) is 9.12. The highest BCUT2D eigenvalue weighted by atomic mass is 32.2. The summed E-state index contributed by atoms with van der Waals surface area (Å²) in [5.41, 5.74) is -0.133. The summed E-state index contributed by atoms with van der Waals surface area (Å²) >= 11 is 1.94. The number of furan rings is 1. The molecule has 1 aromatic heterocycles. The molecule has 1 N–H and O–H groups in total. The molecule has 5 nitrogen and oxygen atoms in total. The highest BCUT2D eigenvalue weighted by molar-refractivity contribution is 7.99. The van der Waals surface area contributed by atoms with Gasteiger partial charge in [-0.3, -0.25) is 4.21 Å². The zero-order chi connectivity index (χ0) is 14.9. The van der Waals surface area contributed by atoms with Crippen molar-refractivity contribution in [2.24, 2.45) is 0 Å². The fourth-order valence-electron chi connectivity index (χ4n) is 2.96. The molecule has 2 aliphatic heterocycles. The van der Waals surface area contributed by atoms with Gasteiger partial charge in [0.1, 0.15) is 0 Å². The van der Waals surface area contributed by atoms with E-state index in [2.05, 4.69) is 0 Å². The topological polar surface area (TPSA) is 76.7 Å². The van der Waals surface area contributed by atoms with Gasteiger partial charge in [-0.25, -0.2) is 4.79 Å². The lowest BCUT2D eigenvalue weighted by atomic mass is 9.88. The van der Waals surface area contributed by atoms with E-state index in [0.717, 1.165) is 37.2 Å². The van der Waals surface area contributed by atoms with Gasteiger partial charge in [-0.2, -0.15) is 11.8 Å². The number of carboxylic acid groups (broad SMARTS) is 1. The van der Waals surface area contributed by atoms with Gasteiger partial charge in [0.2, 0.25) is 5.76 Å². The second kappa shape index (κ2) is 6.14. The third-order valence-electron chi connectivity index (χ3n) is 4.14. The van der Waals surface area contributed by atoms with Crippen LogP contribution in [-0.4, -0.2) is 44.2 Å². The molecule has 116 valence electrons. The maximum absolute atomic E-state index is 12.6. The summed E-state index contributed by atoms with van der Waals surface area (Å²) in [7, 11) is -1.31. The highest BCUT2D eigenvalue weighted by Crippen LogP contribution is 2.39. The van der Waals surface area contributed by atoms with E-state index in [-0.39, 0.29) is 21.7 Å². The molecule has 1 spiro atoms. The summed E-state index contributed by atoms with van der Waals surface area (Å²) in [5.74, 6) is 0.882. The zero-order valence-corrected chi connectivity index (χ0v) is 13.2. The molecule has 2 atom stereocenters. The van der Waals surface area contributed by atoms with Crippen molar-refractivity contribution in [3.05, 3.63) is 17.9 Å². The van der Waals surface area contributed by atoms with Crippen LogP contribution in [0.3, 0.4) is 0 Å². The number of hydrogen-bond donors (Lipinski definition) is 1. The monoisotopic (exact) mass is 330 g/mol. The lowest BCUT2D eigenvalue weighted by Gasteiger charge is -2.42. The molecule has 2 fully saturated rings. The van der Waals surface area contributed by atoms with Crippen LogP contribution in [0.25, 0.3) is 0 Å². The minimum atomic E-state index is -1.31. The van der Waals surface area contributed by atoms with Crippen molar-refractivity contribution in [2.45, 2.75) is 41.6 Å². The van der Waals surface area contributed by atoms with Crippen molar-refractivity contribution in [3.63, 3.8) is 0 Å². The van der Waals surface area contributed by atoms with Crippen molar-refractivity contribution >= 4 is 28.5 Å². The molecule has 0 bridgehead atoms. The van der Waals surface area contributed by atoms with Gasteiger partial charge in [-0.15, -0.1) is 0 Å². The molecular formula is C14H18O5S2. The first kappa shape index (κ1) is 15.1. The summed E-state index contributed by atoms with van der Waals surface area (Å²) in [6.45, 7) is 0.619. The van der Waals surface area contributed by atoms with Crippen molar-refractivity contribution in [1.82, 2.24) is 0 Å². The first-order chi connectivity index (χ1) is 10.1. The van der Waals surface area contributed by atoms with Crippen molar-refractivity contribution in [3.8, 4) is 0 Å². The van der Waals surface area contributed by atoms with Gasteiger partial charge in [-0.05, 0) is 49.3 Å². The molecule has 2 saturated heterocycles. The van der Waals surface area contributed by atoms with E-state index in [1.54, 1.807) is 0 Å². The molecule has 7 heteroatoms. The first-order valence-electron chi connectivity index (χ1n) is 7.05. The molecule has 3 rings (SSSR count). The third-order valence-corrected chi connectivity index (χ3v) is 6.75. The lowest BCUT2D eigenvalue weighted by molar-refractivity contribution is -0.0810. The summed E-state index contributed by atoms with van der Waals surface area (Å²) < 4.78 is 23.8. The Balaban J connectivity index is 1.73. The molecule has 2 unspecified atom stereocenters. The van der Waals surface area contributed by atoms with Crippen LogP contribution in [0.4, 0.5) is 0 Å². The predicted molar refractivity (Wildman–Crippen MR) is 80.3 cm³/mol. The number of aromatic carboxylic acids is 1. The van der Waals surface area contributed by atoms with E-state index in [9.17, 15) is 9.00 Å². The van der Waals surface area contributed by atoms with Gasteiger partial charge in [0.05, 0.1) is 16.4 Å². The highest BCUT2D eigenvalue weighted by Gasteiger charge is 2.41. The molecular weight excluding hydrogens is 312 g/mol. The number of ether oxygens (including phenoxy) is 1. The number of hydrogen-bond acceptors (Lipinski definition) is 5. The van der Waals surface area contributed by atoms with Crippen LogP contribution in [0.15, 0.2) is 21.6 Å². The van der Waals surface area contributed by atoms with Crippen LogP contribution in [0.1, 0.15) is 36.2 Å². The van der Waals surface area contributed by atoms with Crippen LogP contribution in [-0.2, 0) is 15.5 Å². The van der Waals surface area contributed by atoms with E-state index in [4.69, 9.17) is 14.3 Å². The fraction of sp³-hybridized carbons (Fsp3) is 0.643. The predicted octanol–water partition coefficient (Wildman–Crippen LogP) is 2.53. The molecule has 1 aromatic rings. The van der Waals surface area contributed by atoms with E-state index in [0.29, 0.717) is 6.61 Å². The number of rotatable bonds is 3. The second-order valence-corrected chi connectivity index (χ2v) is 8.37. The molecule has 0 saturated carbocycles. The van der Waals surface area contributed by atoms with Crippen molar-refractivity contribution in [1.29, 1.82) is 0 Å². The quantitative estimate of drug-likeness (QED) is 0.918. The lowest BCUT2D eigenvalue weighted by Crippen LogP contribution is -2.45. The van der Waals surface area contributed by atoms with Gasteiger partial charge in [0.15, 0.2) is 5.09 Å². The summed E-state index contributed by atoms with van der Waals surface area (Å²) in [6, 6.07) is 2.88. The van der Waals surface area contributed by atoms with E-state index < -0.39 is 16.8 Å². The first-order valence-corrected chi connectivity index (χ1v) is 9.42. The summed E-state index contributed by atoms with van der Waals surface area (Å²) in [4.78, 5) is 10.8. The Hall–Kier alpha value is -0.790. The normalized spacial score (nSPS) is 26.6. The van der Waals surface area contributed by atoms with Crippen LogP contribution in [0.2, 0.25) is 0 Å². The Bertz CT molecular complexity index is 542. The van der Waals surface area contributed by atoms with Crippen molar-refractivity contribution in [2.75, 3.05) is 18.1 Å². The smallest absolute Gasteiger partial charge is 0.371 e. The number of carbonyl (C=O) groups is 1. The maximum atomic E-state index is 12.6. The number of thioether (sulfide) groups is 1. The Morgan fingerprint density at radius 1 is 1.38 bits per heavy atom. The van der Waals surface area contributed by atoms with Crippen LogP contribution in [0.5, 0.6) is 0 Å².